The molecule has 1 saturated heterocycles. The van der Waals surface area contributed by atoms with Gasteiger partial charge in [0.15, 0.2) is 0 Å². The Balaban J connectivity index is 1.40. The molecule has 1 fully saturated rings. The predicted octanol–water partition coefficient (Wildman–Crippen LogP) is 3.85. The Kier molecular flexibility index (Phi) is 4.03. The lowest BCUT2D eigenvalue weighted by Crippen LogP contribution is -2.45. The standard InChI is InChI=1S/C21H21FN4O2/c1-12-8-18(23-10-12)19-24-20(28-25-19)14-3-6-16-5-2-13-9-15(22)4-7-17(13)21(27)26(16)11-14/h4,7-10,14,16,23H,2-3,5-6,11H2,1H3/t14-,16+/m0/s1. The summed E-state index contributed by atoms with van der Waals surface area (Å²) in [6, 6.07) is 6.61. The van der Waals surface area contributed by atoms with Crippen LogP contribution in [0.3, 0.4) is 0 Å². The minimum absolute atomic E-state index is 0.0134. The van der Waals surface area contributed by atoms with Gasteiger partial charge in [-0.1, -0.05) is 5.16 Å². The van der Waals surface area contributed by atoms with Crippen LogP contribution in [0.25, 0.3) is 11.5 Å². The summed E-state index contributed by atoms with van der Waals surface area (Å²) >= 11 is 0. The van der Waals surface area contributed by atoms with E-state index < -0.39 is 0 Å². The largest absolute Gasteiger partial charge is 0.358 e. The van der Waals surface area contributed by atoms with E-state index in [1.54, 1.807) is 6.07 Å². The molecule has 0 unspecified atom stereocenters. The number of carbonyl (C=O) groups excluding carboxylic acids is 1. The molecule has 1 amide bonds. The fourth-order valence-electron chi connectivity index (χ4n) is 4.37. The molecule has 5 rings (SSSR count). The minimum atomic E-state index is -0.290. The number of halogens is 1. The van der Waals surface area contributed by atoms with E-state index in [0.717, 1.165) is 42.5 Å². The molecule has 6 nitrogen and oxygen atoms in total. The second-order valence-corrected chi connectivity index (χ2v) is 7.77. The number of hydrogen-bond acceptors (Lipinski definition) is 4. The maximum Gasteiger partial charge on any atom is 0.254 e. The topological polar surface area (TPSA) is 75.0 Å². The Morgan fingerprint density at radius 3 is 2.96 bits per heavy atom. The van der Waals surface area contributed by atoms with Gasteiger partial charge in [-0.05, 0) is 68.0 Å². The number of aromatic nitrogens is 3. The number of hydrogen-bond donors (Lipinski definition) is 1. The van der Waals surface area contributed by atoms with Crippen molar-refractivity contribution >= 4 is 5.91 Å². The van der Waals surface area contributed by atoms with Crippen LogP contribution in [0.2, 0.25) is 0 Å². The van der Waals surface area contributed by atoms with Crippen molar-refractivity contribution in [3.05, 3.63) is 58.9 Å². The first-order valence-electron chi connectivity index (χ1n) is 9.67. The van der Waals surface area contributed by atoms with E-state index in [1.807, 2.05) is 24.1 Å². The molecule has 1 aromatic carbocycles. The molecular formula is C21H21FN4O2. The molecule has 0 aliphatic carbocycles. The number of nitrogens with zero attached hydrogens (tertiary/aromatic N) is 3. The quantitative estimate of drug-likeness (QED) is 0.733. The Labute approximate surface area is 161 Å². The summed E-state index contributed by atoms with van der Waals surface area (Å²) in [5.41, 5.74) is 3.34. The van der Waals surface area contributed by atoms with Crippen molar-refractivity contribution < 1.29 is 13.7 Å². The van der Waals surface area contributed by atoms with E-state index in [2.05, 4.69) is 15.1 Å². The van der Waals surface area contributed by atoms with Crippen LogP contribution < -0.4 is 0 Å². The zero-order valence-electron chi connectivity index (χ0n) is 15.6. The highest BCUT2D eigenvalue weighted by atomic mass is 19.1. The maximum atomic E-state index is 13.6. The van der Waals surface area contributed by atoms with Crippen LogP contribution in [0.1, 0.15) is 52.6 Å². The van der Waals surface area contributed by atoms with E-state index in [9.17, 15) is 9.18 Å². The Morgan fingerprint density at radius 1 is 1.25 bits per heavy atom. The van der Waals surface area contributed by atoms with Crippen LogP contribution in [0.5, 0.6) is 0 Å². The van der Waals surface area contributed by atoms with Crippen molar-refractivity contribution in [2.75, 3.05) is 6.54 Å². The monoisotopic (exact) mass is 380 g/mol. The van der Waals surface area contributed by atoms with Crippen LogP contribution >= 0.6 is 0 Å². The average molecular weight is 380 g/mol. The molecule has 7 heteroatoms. The SMILES string of the molecule is Cc1c[nH]c(-c2noc([C@H]3CC[C@H]4CCc5cc(F)ccc5C(=O)N4C3)n2)c1. The number of rotatable bonds is 2. The fraction of sp³-hybridized carbons (Fsp3) is 0.381. The van der Waals surface area contributed by atoms with Crippen molar-refractivity contribution in [2.45, 2.75) is 44.6 Å². The van der Waals surface area contributed by atoms with E-state index in [4.69, 9.17) is 4.52 Å². The Hall–Kier alpha value is -2.96. The molecule has 2 aliphatic heterocycles. The van der Waals surface area contributed by atoms with Gasteiger partial charge in [0.05, 0.1) is 11.6 Å². The summed E-state index contributed by atoms with van der Waals surface area (Å²) < 4.78 is 19.1. The lowest BCUT2D eigenvalue weighted by molar-refractivity contribution is 0.0570. The van der Waals surface area contributed by atoms with Gasteiger partial charge < -0.3 is 14.4 Å². The van der Waals surface area contributed by atoms with Crippen molar-refractivity contribution in [2.24, 2.45) is 0 Å². The summed E-state index contributed by atoms with van der Waals surface area (Å²) in [5.74, 6) is 0.800. The number of benzene rings is 1. The third kappa shape index (κ3) is 2.91. The van der Waals surface area contributed by atoms with Gasteiger partial charge in [-0.15, -0.1) is 0 Å². The third-order valence-electron chi connectivity index (χ3n) is 5.87. The number of fused-ring (bicyclic) bond motifs is 2. The van der Waals surface area contributed by atoms with Gasteiger partial charge in [-0.2, -0.15) is 4.98 Å². The Morgan fingerprint density at radius 2 is 2.14 bits per heavy atom. The number of amides is 1. The lowest BCUT2D eigenvalue weighted by atomic mass is 9.90. The van der Waals surface area contributed by atoms with E-state index in [-0.39, 0.29) is 23.7 Å². The molecular weight excluding hydrogens is 359 g/mol. The number of aromatic amines is 1. The first kappa shape index (κ1) is 17.2. The average Bonchev–Trinajstić information content (AvgIpc) is 3.32. The lowest BCUT2D eigenvalue weighted by Gasteiger charge is -2.37. The fourth-order valence-corrected chi connectivity index (χ4v) is 4.37. The summed E-state index contributed by atoms with van der Waals surface area (Å²) in [7, 11) is 0. The highest BCUT2D eigenvalue weighted by molar-refractivity contribution is 5.96. The van der Waals surface area contributed by atoms with Gasteiger partial charge in [0.25, 0.3) is 5.91 Å². The van der Waals surface area contributed by atoms with Crippen LogP contribution in [0, 0.1) is 12.7 Å². The van der Waals surface area contributed by atoms with Gasteiger partial charge in [-0.3, -0.25) is 4.79 Å². The second-order valence-electron chi connectivity index (χ2n) is 7.77. The zero-order chi connectivity index (χ0) is 19.3. The highest BCUT2D eigenvalue weighted by Crippen LogP contribution is 2.35. The van der Waals surface area contributed by atoms with Crippen molar-refractivity contribution in [3.63, 3.8) is 0 Å². The van der Waals surface area contributed by atoms with E-state index in [0.29, 0.717) is 23.8 Å². The summed E-state index contributed by atoms with van der Waals surface area (Å²) in [4.78, 5) is 22.7. The Bertz CT molecular complexity index is 1040. The number of nitrogens with one attached hydrogen (secondary N) is 1. The van der Waals surface area contributed by atoms with Crippen molar-refractivity contribution in [3.8, 4) is 11.5 Å². The first-order chi connectivity index (χ1) is 13.6. The van der Waals surface area contributed by atoms with Gasteiger partial charge >= 0.3 is 0 Å². The van der Waals surface area contributed by atoms with E-state index in [1.165, 1.54) is 12.1 Å². The number of H-pyrrole nitrogens is 1. The predicted molar refractivity (Wildman–Crippen MR) is 100 cm³/mol. The highest BCUT2D eigenvalue weighted by Gasteiger charge is 2.37. The van der Waals surface area contributed by atoms with Crippen molar-refractivity contribution in [1.82, 2.24) is 20.0 Å². The number of piperidine rings is 1. The molecule has 0 radical (unpaired) electrons. The minimum Gasteiger partial charge on any atom is -0.358 e. The van der Waals surface area contributed by atoms with Crippen molar-refractivity contribution in [1.29, 1.82) is 0 Å². The van der Waals surface area contributed by atoms with Gasteiger partial charge in [0, 0.05) is 24.3 Å². The molecule has 0 saturated carbocycles. The molecule has 144 valence electrons. The van der Waals surface area contributed by atoms with E-state index >= 15 is 0 Å². The van der Waals surface area contributed by atoms with Crippen LogP contribution in [-0.2, 0) is 6.42 Å². The first-order valence-corrected chi connectivity index (χ1v) is 9.67. The molecule has 28 heavy (non-hydrogen) atoms. The molecule has 2 aliphatic rings. The molecule has 2 atom stereocenters. The van der Waals surface area contributed by atoms with Gasteiger partial charge in [-0.25, -0.2) is 4.39 Å². The maximum absolute atomic E-state index is 13.6. The summed E-state index contributed by atoms with van der Waals surface area (Å²) in [5, 5.41) is 4.10. The van der Waals surface area contributed by atoms with Gasteiger partial charge in [0.2, 0.25) is 11.7 Å². The molecule has 0 bridgehead atoms. The zero-order valence-corrected chi connectivity index (χ0v) is 15.6. The molecule has 2 aromatic heterocycles. The number of aryl methyl sites for hydroxylation is 2. The summed E-state index contributed by atoms with van der Waals surface area (Å²) in [6.45, 7) is 2.54. The molecule has 3 aromatic rings. The molecule has 1 N–H and O–H groups in total. The molecule has 4 heterocycles. The van der Waals surface area contributed by atoms with Crippen LogP contribution in [-0.4, -0.2) is 38.5 Å². The second kappa shape index (κ2) is 6.58. The third-order valence-corrected chi connectivity index (χ3v) is 5.87. The number of carbonyl (C=O) groups is 1. The van der Waals surface area contributed by atoms with Gasteiger partial charge in [0.1, 0.15) is 5.82 Å². The summed E-state index contributed by atoms with van der Waals surface area (Å²) in [6.07, 6.45) is 5.25. The smallest absolute Gasteiger partial charge is 0.254 e. The van der Waals surface area contributed by atoms with Crippen LogP contribution in [0.4, 0.5) is 4.39 Å². The molecule has 0 spiro atoms. The van der Waals surface area contributed by atoms with Crippen LogP contribution in [0.15, 0.2) is 35.0 Å². The normalized spacial score (nSPS) is 21.9.